The third-order valence-electron chi connectivity index (χ3n) is 4.25. The SMILES string of the molecule is C=CCNC(=NCc1nnc(C)n1C)NCCc1cc2ccccc2[nH]1. The Balaban J connectivity index is 1.59. The molecule has 0 spiro atoms. The first kappa shape index (κ1) is 17.7. The van der Waals surface area contributed by atoms with Crippen LogP contribution in [0.15, 0.2) is 48.0 Å². The van der Waals surface area contributed by atoms with Crippen LogP contribution in [0.25, 0.3) is 10.9 Å². The van der Waals surface area contributed by atoms with Crippen molar-refractivity contribution in [1.29, 1.82) is 0 Å². The summed E-state index contributed by atoms with van der Waals surface area (Å²) < 4.78 is 1.94. The van der Waals surface area contributed by atoms with Crippen molar-refractivity contribution >= 4 is 16.9 Å². The highest BCUT2D eigenvalue weighted by Crippen LogP contribution is 2.14. The Morgan fingerprint density at radius 3 is 2.88 bits per heavy atom. The quantitative estimate of drug-likeness (QED) is 0.346. The second kappa shape index (κ2) is 8.33. The van der Waals surface area contributed by atoms with E-state index in [-0.39, 0.29) is 0 Å². The maximum atomic E-state index is 4.59. The van der Waals surface area contributed by atoms with E-state index in [9.17, 15) is 0 Å². The number of aliphatic imine (C=N–C) groups is 1. The van der Waals surface area contributed by atoms with E-state index in [2.05, 4.69) is 61.7 Å². The normalized spacial score (nSPS) is 11.7. The molecule has 7 nitrogen and oxygen atoms in total. The highest BCUT2D eigenvalue weighted by molar-refractivity contribution is 5.81. The number of para-hydroxylation sites is 1. The second-order valence-corrected chi connectivity index (χ2v) is 6.12. The molecule has 3 aromatic rings. The van der Waals surface area contributed by atoms with Gasteiger partial charge in [-0.3, -0.25) is 0 Å². The summed E-state index contributed by atoms with van der Waals surface area (Å²) in [4.78, 5) is 8.04. The lowest BCUT2D eigenvalue weighted by Crippen LogP contribution is -2.38. The monoisotopic (exact) mass is 351 g/mol. The van der Waals surface area contributed by atoms with Gasteiger partial charge in [-0.25, -0.2) is 4.99 Å². The Bertz CT molecular complexity index is 871. The first-order chi connectivity index (χ1) is 12.7. The van der Waals surface area contributed by atoms with Crippen molar-refractivity contribution in [3.63, 3.8) is 0 Å². The molecule has 2 aromatic heterocycles. The number of aromatic nitrogens is 4. The van der Waals surface area contributed by atoms with Crippen molar-refractivity contribution < 1.29 is 0 Å². The molecule has 0 bridgehead atoms. The average molecular weight is 351 g/mol. The largest absolute Gasteiger partial charge is 0.358 e. The first-order valence-electron chi connectivity index (χ1n) is 8.72. The number of rotatable bonds is 7. The summed E-state index contributed by atoms with van der Waals surface area (Å²) in [5, 5.41) is 16.0. The standard InChI is InChI=1S/C19H25N7/c1-4-10-20-19(22-13-18-25-24-14(2)26(18)3)21-11-9-16-12-15-7-5-6-8-17(15)23-16/h4-8,12,23H,1,9-11,13H2,2-3H3,(H2,20,21,22). The number of benzene rings is 1. The molecule has 136 valence electrons. The van der Waals surface area contributed by atoms with Crippen LogP contribution in [0.5, 0.6) is 0 Å². The van der Waals surface area contributed by atoms with E-state index < -0.39 is 0 Å². The summed E-state index contributed by atoms with van der Waals surface area (Å²) in [6.45, 7) is 7.56. The van der Waals surface area contributed by atoms with Gasteiger partial charge in [0.2, 0.25) is 0 Å². The van der Waals surface area contributed by atoms with Crippen molar-refractivity contribution in [2.75, 3.05) is 13.1 Å². The van der Waals surface area contributed by atoms with Crippen LogP contribution < -0.4 is 10.6 Å². The highest BCUT2D eigenvalue weighted by atomic mass is 15.3. The minimum Gasteiger partial charge on any atom is -0.358 e. The molecule has 26 heavy (non-hydrogen) atoms. The lowest BCUT2D eigenvalue weighted by Gasteiger charge is -2.11. The summed E-state index contributed by atoms with van der Waals surface area (Å²) >= 11 is 0. The van der Waals surface area contributed by atoms with Crippen LogP contribution >= 0.6 is 0 Å². The van der Waals surface area contributed by atoms with Gasteiger partial charge in [-0.1, -0.05) is 24.3 Å². The highest BCUT2D eigenvalue weighted by Gasteiger charge is 2.05. The van der Waals surface area contributed by atoms with Gasteiger partial charge < -0.3 is 20.2 Å². The van der Waals surface area contributed by atoms with Crippen molar-refractivity contribution in [3.05, 3.63) is 60.3 Å². The molecule has 0 fully saturated rings. The summed E-state index contributed by atoms with van der Waals surface area (Å²) in [5.74, 6) is 2.45. The van der Waals surface area contributed by atoms with Crippen LogP contribution in [0, 0.1) is 6.92 Å². The van der Waals surface area contributed by atoms with Gasteiger partial charge in [-0.05, 0) is 24.4 Å². The number of guanidine groups is 1. The van der Waals surface area contributed by atoms with E-state index in [1.165, 1.54) is 16.6 Å². The number of hydrogen-bond acceptors (Lipinski definition) is 3. The van der Waals surface area contributed by atoms with Crippen LogP contribution in [0.2, 0.25) is 0 Å². The third kappa shape index (κ3) is 4.30. The summed E-state index contributed by atoms with van der Waals surface area (Å²) in [5.41, 5.74) is 2.37. The van der Waals surface area contributed by atoms with E-state index in [1.54, 1.807) is 6.08 Å². The lowest BCUT2D eigenvalue weighted by molar-refractivity contribution is 0.755. The third-order valence-corrected chi connectivity index (χ3v) is 4.25. The van der Waals surface area contributed by atoms with Crippen LogP contribution in [0.3, 0.4) is 0 Å². The second-order valence-electron chi connectivity index (χ2n) is 6.12. The fourth-order valence-electron chi connectivity index (χ4n) is 2.67. The molecule has 2 heterocycles. The number of aryl methyl sites for hydroxylation is 1. The molecule has 0 aliphatic carbocycles. The minimum atomic E-state index is 0.468. The van der Waals surface area contributed by atoms with E-state index in [0.717, 1.165) is 30.6 Å². The van der Waals surface area contributed by atoms with Gasteiger partial charge in [0.15, 0.2) is 11.8 Å². The molecule has 3 N–H and O–H groups in total. The zero-order valence-electron chi connectivity index (χ0n) is 15.3. The number of nitrogens with one attached hydrogen (secondary N) is 3. The van der Waals surface area contributed by atoms with Crippen LogP contribution in [-0.4, -0.2) is 38.8 Å². The van der Waals surface area contributed by atoms with E-state index in [0.29, 0.717) is 13.1 Å². The van der Waals surface area contributed by atoms with Crippen molar-refractivity contribution in [1.82, 2.24) is 30.4 Å². The Labute approximate surface area is 153 Å². The molecule has 0 radical (unpaired) electrons. The molecular weight excluding hydrogens is 326 g/mol. The van der Waals surface area contributed by atoms with Gasteiger partial charge in [-0.2, -0.15) is 0 Å². The Morgan fingerprint density at radius 1 is 1.31 bits per heavy atom. The first-order valence-corrected chi connectivity index (χ1v) is 8.72. The van der Waals surface area contributed by atoms with Gasteiger partial charge in [-0.15, -0.1) is 16.8 Å². The van der Waals surface area contributed by atoms with Crippen molar-refractivity contribution in [3.8, 4) is 0 Å². The van der Waals surface area contributed by atoms with E-state index >= 15 is 0 Å². The molecule has 7 heteroatoms. The van der Waals surface area contributed by atoms with Gasteiger partial charge >= 0.3 is 0 Å². The predicted molar refractivity (Wildman–Crippen MR) is 105 cm³/mol. The molecule has 0 aliphatic heterocycles. The fraction of sp³-hybridized carbons (Fsp3) is 0.316. The van der Waals surface area contributed by atoms with E-state index in [4.69, 9.17) is 0 Å². The maximum absolute atomic E-state index is 4.59. The smallest absolute Gasteiger partial charge is 0.191 e. The van der Waals surface area contributed by atoms with Gasteiger partial charge in [0.25, 0.3) is 0 Å². The Morgan fingerprint density at radius 2 is 2.15 bits per heavy atom. The number of fused-ring (bicyclic) bond motifs is 1. The number of hydrogen-bond donors (Lipinski definition) is 3. The summed E-state index contributed by atoms with van der Waals surface area (Å²) in [7, 11) is 1.94. The molecule has 0 atom stereocenters. The van der Waals surface area contributed by atoms with Gasteiger partial charge in [0, 0.05) is 37.8 Å². The molecule has 3 rings (SSSR count). The molecule has 0 saturated carbocycles. The van der Waals surface area contributed by atoms with Gasteiger partial charge in [0.1, 0.15) is 12.4 Å². The molecule has 0 amide bonds. The van der Waals surface area contributed by atoms with Crippen molar-refractivity contribution in [2.24, 2.45) is 12.0 Å². The van der Waals surface area contributed by atoms with Crippen LogP contribution in [0.4, 0.5) is 0 Å². The Kier molecular flexibility index (Phi) is 5.68. The summed E-state index contributed by atoms with van der Waals surface area (Å²) in [6.07, 6.45) is 2.69. The number of nitrogens with zero attached hydrogens (tertiary/aromatic N) is 4. The van der Waals surface area contributed by atoms with Crippen LogP contribution in [0.1, 0.15) is 17.3 Å². The zero-order chi connectivity index (χ0) is 18.4. The number of H-pyrrole nitrogens is 1. The fourth-order valence-corrected chi connectivity index (χ4v) is 2.67. The molecule has 1 aromatic carbocycles. The van der Waals surface area contributed by atoms with Crippen LogP contribution in [-0.2, 0) is 20.0 Å². The zero-order valence-corrected chi connectivity index (χ0v) is 15.3. The molecule has 0 aliphatic rings. The summed E-state index contributed by atoms with van der Waals surface area (Å²) in [6, 6.07) is 10.5. The topological polar surface area (TPSA) is 82.9 Å². The van der Waals surface area contributed by atoms with Gasteiger partial charge in [0.05, 0.1) is 0 Å². The van der Waals surface area contributed by atoms with Crippen molar-refractivity contribution in [2.45, 2.75) is 19.9 Å². The molecular formula is C19H25N7. The molecule has 0 saturated heterocycles. The minimum absolute atomic E-state index is 0.468. The average Bonchev–Trinajstić information content (AvgIpc) is 3.20. The Hall–Kier alpha value is -3.09. The lowest BCUT2D eigenvalue weighted by atomic mass is 10.2. The molecule has 0 unspecified atom stereocenters. The van der Waals surface area contributed by atoms with E-state index in [1.807, 2.05) is 24.6 Å². The maximum Gasteiger partial charge on any atom is 0.191 e. The number of aromatic amines is 1. The predicted octanol–water partition coefficient (Wildman–Crippen LogP) is 2.07.